The van der Waals surface area contributed by atoms with Gasteiger partial charge in [-0.3, -0.25) is 14.4 Å². The van der Waals surface area contributed by atoms with Crippen LogP contribution in [0.2, 0.25) is 0 Å². The van der Waals surface area contributed by atoms with Crippen molar-refractivity contribution in [3.05, 3.63) is 0 Å². The van der Waals surface area contributed by atoms with Gasteiger partial charge in [-0.2, -0.15) is 0 Å². The summed E-state index contributed by atoms with van der Waals surface area (Å²) in [6.45, 7) is 11.3. The molecule has 0 rings (SSSR count). The SMILES string of the molecule is CCCCCCCCCCCCCCCC(=O)OC[C@@H](COC(=O)CCCCCCCCCCCCCC(C)C)OC(=O)CCCCCCCCC(C)CC. The van der Waals surface area contributed by atoms with E-state index in [1.54, 1.807) is 0 Å². The van der Waals surface area contributed by atoms with Gasteiger partial charge in [0.15, 0.2) is 6.10 Å². The van der Waals surface area contributed by atoms with Crippen molar-refractivity contribution in [2.45, 2.75) is 272 Å². The van der Waals surface area contributed by atoms with E-state index < -0.39 is 6.10 Å². The standard InChI is InChI=1S/C49H94O6/c1-6-8-9-10-11-12-13-14-17-20-23-29-34-39-47(50)53-42-46(55-49(52)41-36-31-26-25-28-33-38-45(5)7-2)43-54-48(51)40-35-30-24-21-18-15-16-19-22-27-32-37-44(3)4/h44-46H,6-43H2,1-5H3/t45?,46-/m0/s1. The summed E-state index contributed by atoms with van der Waals surface area (Å²) in [6.07, 6.45) is 40.9. The molecule has 0 aromatic carbocycles. The Labute approximate surface area is 342 Å². The second-order valence-electron chi connectivity index (χ2n) is 17.5. The number of esters is 3. The van der Waals surface area contributed by atoms with Gasteiger partial charge in [0.2, 0.25) is 0 Å². The molecule has 0 saturated heterocycles. The molecule has 0 spiro atoms. The third-order valence-electron chi connectivity index (χ3n) is 11.3. The van der Waals surface area contributed by atoms with Crippen molar-refractivity contribution in [2.75, 3.05) is 13.2 Å². The molecule has 0 aromatic rings. The van der Waals surface area contributed by atoms with Crippen LogP contribution in [0.3, 0.4) is 0 Å². The van der Waals surface area contributed by atoms with E-state index in [1.165, 1.54) is 154 Å². The molecular weight excluding hydrogens is 685 g/mol. The van der Waals surface area contributed by atoms with E-state index in [-0.39, 0.29) is 31.1 Å². The second kappa shape index (κ2) is 42.0. The van der Waals surface area contributed by atoms with Gasteiger partial charge in [0.25, 0.3) is 0 Å². The van der Waals surface area contributed by atoms with Crippen LogP contribution in [-0.2, 0) is 28.6 Å². The summed E-state index contributed by atoms with van der Waals surface area (Å²) in [5.41, 5.74) is 0. The fourth-order valence-corrected chi connectivity index (χ4v) is 7.25. The molecule has 6 nitrogen and oxygen atoms in total. The highest BCUT2D eigenvalue weighted by Gasteiger charge is 2.19. The van der Waals surface area contributed by atoms with Crippen molar-refractivity contribution in [3.63, 3.8) is 0 Å². The maximum absolute atomic E-state index is 12.7. The molecule has 55 heavy (non-hydrogen) atoms. The summed E-state index contributed by atoms with van der Waals surface area (Å²) >= 11 is 0. The fraction of sp³-hybridized carbons (Fsp3) is 0.939. The van der Waals surface area contributed by atoms with E-state index in [2.05, 4.69) is 34.6 Å². The summed E-state index contributed by atoms with van der Waals surface area (Å²) in [7, 11) is 0. The van der Waals surface area contributed by atoms with Crippen LogP contribution in [0.4, 0.5) is 0 Å². The molecule has 0 N–H and O–H groups in total. The molecule has 0 aliphatic rings. The maximum Gasteiger partial charge on any atom is 0.306 e. The highest BCUT2D eigenvalue weighted by atomic mass is 16.6. The Kier molecular flexibility index (Phi) is 40.8. The first-order valence-corrected chi connectivity index (χ1v) is 24.3. The van der Waals surface area contributed by atoms with E-state index in [0.29, 0.717) is 19.3 Å². The Morgan fingerprint density at radius 1 is 0.382 bits per heavy atom. The monoisotopic (exact) mass is 779 g/mol. The minimum absolute atomic E-state index is 0.0651. The molecular formula is C49H94O6. The second-order valence-corrected chi connectivity index (χ2v) is 17.5. The van der Waals surface area contributed by atoms with Crippen molar-refractivity contribution >= 4 is 17.9 Å². The summed E-state index contributed by atoms with van der Waals surface area (Å²) in [5, 5.41) is 0. The van der Waals surface area contributed by atoms with Crippen molar-refractivity contribution in [3.8, 4) is 0 Å². The molecule has 0 saturated carbocycles. The molecule has 0 fully saturated rings. The van der Waals surface area contributed by atoms with E-state index in [0.717, 1.165) is 69.6 Å². The average molecular weight is 779 g/mol. The van der Waals surface area contributed by atoms with Gasteiger partial charge in [-0.05, 0) is 31.1 Å². The zero-order valence-electron chi connectivity index (χ0n) is 37.6. The molecule has 0 radical (unpaired) electrons. The molecule has 326 valence electrons. The quantitative estimate of drug-likeness (QED) is 0.0348. The van der Waals surface area contributed by atoms with Crippen LogP contribution in [0, 0.1) is 11.8 Å². The van der Waals surface area contributed by atoms with E-state index >= 15 is 0 Å². The van der Waals surface area contributed by atoms with Crippen molar-refractivity contribution < 1.29 is 28.6 Å². The third-order valence-corrected chi connectivity index (χ3v) is 11.3. The molecule has 0 aliphatic carbocycles. The smallest absolute Gasteiger partial charge is 0.306 e. The predicted octanol–water partition coefficient (Wildman–Crippen LogP) is 15.4. The van der Waals surface area contributed by atoms with Crippen LogP contribution in [0.25, 0.3) is 0 Å². The molecule has 0 bridgehead atoms. The highest BCUT2D eigenvalue weighted by Crippen LogP contribution is 2.17. The Bertz CT molecular complexity index is 841. The van der Waals surface area contributed by atoms with Gasteiger partial charge in [0.05, 0.1) is 0 Å². The van der Waals surface area contributed by atoms with Gasteiger partial charge in [-0.1, -0.05) is 227 Å². The number of carbonyl (C=O) groups excluding carboxylic acids is 3. The highest BCUT2D eigenvalue weighted by molar-refractivity contribution is 5.71. The van der Waals surface area contributed by atoms with Crippen LogP contribution in [-0.4, -0.2) is 37.2 Å². The van der Waals surface area contributed by atoms with Gasteiger partial charge in [0, 0.05) is 19.3 Å². The summed E-state index contributed by atoms with van der Waals surface area (Å²) in [5.74, 6) is 0.781. The molecule has 0 aromatic heterocycles. The number of ether oxygens (including phenoxy) is 3. The number of unbranched alkanes of at least 4 members (excludes halogenated alkanes) is 27. The molecule has 0 aliphatic heterocycles. The average Bonchev–Trinajstić information content (AvgIpc) is 3.17. The number of hydrogen-bond acceptors (Lipinski definition) is 6. The largest absolute Gasteiger partial charge is 0.462 e. The Morgan fingerprint density at radius 3 is 1.04 bits per heavy atom. The van der Waals surface area contributed by atoms with Crippen molar-refractivity contribution in [1.29, 1.82) is 0 Å². The summed E-state index contributed by atoms with van der Waals surface area (Å²) in [4.78, 5) is 37.8. The molecule has 2 atom stereocenters. The minimum atomic E-state index is -0.761. The lowest BCUT2D eigenvalue weighted by atomic mass is 10.00. The summed E-state index contributed by atoms with van der Waals surface area (Å²) in [6, 6.07) is 0. The number of carbonyl (C=O) groups is 3. The lowest BCUT2D eigenvalue weighted by molar-refractivity contribution is -0.167. The number of hydrogen-bond donors (Lipinski definition) is 0. The first-order chi connectivity index (χ1) is 26.8. The molecule has 1 unspecified atom stereocenters. The Balaban J connectivity index is 4.31. The van der Waals surface area contributed by atoms with Crippen LogP contribution in [0.1, 0.15) is 266 Å². The van der Waals surface area contributed by atoms with Gasteiger partial charge < -0.3 is 14.2 Å². The Morgan fingerprint density at radius 2 is 0.691 bits per heavy atom. The summed E-state index contributed by atoms with van der Waals surface area (Å²) < 4.78 is 16.7. The van der Waals surface area contributed by atoms with Crippen LogP contribution in [0.15, 0.2) is 0 Å². The molecule has 6 heteroatoms. The van der Waals surface area contributed by atoms with Crippen molar-refractivity contribution in [2.24, 2.45) is 11.8 Å². The van der Waals surface area contributed by atoms with E-state index in [1.807, 2.05) is 0 Å². The normalized spacial score (nSPS) is 12.5. The van der Waals surface area contributed by atoms with Gasteiger partial charge >= 0.3 is 17.9 Å². The van der Waals surface area contributed by atoms with Crippen LogP contribution in [0.5, 0.6) is 0 Å². The fourth-order valence-electron chi connectivity index (χ4n) is 7.25. The topological polar surface area (TPSA) is 78.9 Å². The van der Waals surface area contributed by atoms with Crippen molar-refractivity contribution in [1.82, 2.24) is 0 Å². The lowest BCUT2D eigenvalue weighted by Crippen LogP contribution is -2.30. The zero-order chi connectivity index (χ0) is 40.5. The van der Waals surface area contributed by atoms with E-state index in [4.69, 9.17) is 14.2 Å². The van der Waals surface area contributed by atoms with E-state index in [9.17, 15) is 14.4 Å². The van der Waals surface area contributed by atoms with Crippen LogP contribution < -0.4 is 0 Å². The Hall–Kier alpha value is -1.59. The molecule has 0 heterocycles. The van der Waals surface area contributed by atoms with Gasteiger partial charge in [0.1, 0.15) is 13.2 Å². The van der Waals surface area contributed by atoms with Crippen LogP contribution >= 0.6 is 0 Å². The first kappa shape index (κ1) is 53.4. The zero-order valence-corrected chi connectivity index (χ0v) is 37.6. The molecule has 0 amide bonds. The first-order valence-electron chi connectivity index (χ1n) is 24.3. The number of rotatable bonds is 43. The van der Waals surface area contributed by atoms with Gasteiger partial charge in [-0.25, -0.2) is 0 Å². The van der Waals surface area contributed by atoms with Gasteiger partial charge in [-0.15, -0.1) is 0 Å². The minimum Gasteiger partial charge on any atom is -0.462 e. The third kappa shape index (κ3) is 41.9. The predicted molar refractivity (Wildman–Crippen MR) is 233 cm³/mol. The lowest BCUT2D eigenvalue weighted by Gasteiger charge is -2.18. The maximum atomic E-state index is 12.7.